The molecule has 0 aliphatic heterocycles. The first-order valence-corrected chi connectivity index (χ1v) is 6.94. The molecular weight excluding hydrogens is 294 g/mol. The smallest absolute Gasteiger partial charge is 0.348 e. The van der Waals surface area contributed by atoms with Crippen molar-refractivity contribution in [1.82, 2.24) is 0 Å². The van der Waals surface area contributed by atoms with Gasteiger partial charge in [-0.2, -0.15) is 5.26 Å². The van der Waals surface area contributed by atoms with E-state index in [9.17, 15) is 18.6 Å². The van der Waals surface area contributed by atoms with Gasteiger partial charge in [-0.15, -0.1) is 0 Å². The number of hydrogen-bond acceptors (Lipinski definition) is 4. The zero-order valence-corrected chi connectivity index (χ0v) is 11.4. The minimum Gasteiger partial charge on any atom is -0.591 e. The SMILES string of the molecule is N#Cc1cc(NC(=O)c2cccc([P+](=O)[O-])c2)ccc1F. The van der Waals surface area contributed by atoms with Crippen LogP contribution in [0.1, 0.15) is 15.9 Å². The van der Waals surface area contributed by atoms with Crippen LogP contribution in [0.3, 0.4) is 0 Å². The number of halogens is 1. The minimum atomic E-state index is -2.78. The Morgan fingerprint density at radius 3 is 2.71 bits per heavy atom. The van der Waals surface area contributed by atoms with Gasteiger partial charge in [0.1, 0.15) is 11.9 Å². The van der Waals surface area contributed by atoms with Crippen molar-refractivity contribution in [1.29, 1.82) is 5.26 Å². The maximum atomic E-state index is 13.2. The number of amides is 1. The number of nitriles is 1. The Kier molecular flexibility index (Phi) is 4.39. The predicted molar refractivity (Wildman–Crippen MR) is 72.8 cm³/mol. The first kappa shape index (κ1) is 14.8. The van der Waals surface area contributed by atoms with Gasteiger partial charge in [-0.25, -0.2) is 4.39 Å². The molecule has 5 nitrogen and oxygen atoms in total. The second-order valence-corrected chi connectivity index (χ2v) is 5.10. The molecule has 2 aromatic carbocycles. The molecule has 7 heteroatoms. The van der Waals surface area contributed by atoms with Crippen molar-refractivity contribution in [3.63, 3.8) is 0 Å². The third-order valence-electron chi connectivity index (χ3n) is 2.66. The van der Waals surface area contributed by atoms with Crippen molar-refractivity contribution in [2.75, 3.05) is 5.32 Å². The molecule has 1 N–H and O–H groups in total. The quantitative estimate of drug-likeness (QED) is 0.873. The molecule has 0 bridgehead atoms. The van der Waals surface area contributed by atoms with Crippen LogP contribution in [0.4, 0.5) is 10.1 Å². The fourth-order valence-electron chi connectivity index (χ4n) is 1.65. The summed E-state index contributed by atoms with van der Waals surface area (Å²) in [6.07, 6.45) is 0. The van der Waals surface area contributed by atoms with Crippen LogP contribution in [0, 0.1) is 17.1 Å². The molecule has 0 aromatic heterocycles. The van der Waals surface area contributed by atoms with E-state index in [2.05, 4.69) is 5.32 Å². The Hall–Kier alpha value is -2.61. The third-order valence-corrected chi connectivity index (χ3v) is 3.36. The lowest BCUT2D eigenvalue weighted by molar-refractivity contribution is -0.160. The molecule has 2 aromatic rings. The van der Waals surface area contributed by atoms with E-state index in [0.717, 1.165) is 6.07 Å². The van der Waals surface area contributed by atoms with Crippen LogP contribution in [-0.2, 0) is 4.57 Å². The van der Waals surface area contributed by atoms with Gasteiger partial charge in [0, 0.05) is 17.3 Å². The van der Waals surface area contributed by atoms with Crippen LogP contribution in [0.25, 0.3) is 0 Å². The highest BCUT2D eigenvalue weighted by molar-refractivity contribution is 7.45. The summed E-state index contributed by atoms with van der Waals surface area (Å²) in [6.45, 7) is 0. The van der Waals surface area contributed by atoms with E-state index < -0.39 is 19.8 Å². The maximum absolute atomic E-state index is 13.2. The molecule has 104 valence electrons. The largest absolute Gasteiger partial charge is 0.591 e. The number of nitrogens with one attached hydrogen (secondary N) is 1. The Morgan fingerprint density at radius 2 is 2.05 bits per heavy atom. The molecular formula is C14H8FN2O3P. The Morgan fingerprint density at radius 1 is 1.29 bits per heavy atom. The van der Waals surface area contributed by atoms with Gasteiger partial charge >= 0.3 is 8.03 Å². The monoisotopic (exact) mass is 302 g/mol. The van der Waals surface area contributed by atoms with Crippen LogP contribution >= 0.6 is 8.03 Å². The van der Waals surface area contributed by atoms with Gasteiger partial charge in [-0.1, -0.05) is 10.6 Å². The fourth-order valence-corrected chi connectivity index (χ4v) is 2.10. The Bertz CT molecular complexity index is 771. The minimum absolute atomic E-state index is 0.0227. The second kappa shape index (κ2) is 6.23. The molecule has 0 fully saturated rings. The van der Waals surface area contributed by atoms with Gasteiger partial charge in [0.2, 0.25) is 0 Å². The zero-order chi connectivity index (χ0) is 15.4. The number of benzene rings is 2. The lowest BCUT2D eigenvalue weighted by atomic mass is 10.2. The normalized spacial score (nSPS) is 10.6. The number of nitrogens with zero attached hydrogens (tertiary/aromatic N) is 1. The highest BCUT2D eigenvalue weighted by Gasteiger charge is 2.13. The lowest BCUT2D eigenvalue weighted by Gasteiger charge is -2.06. The van der Waals surface area contributed by atoms with E-state index in [1.807, 2.05) is 0 Å². The first-order valence-electron chi connectivity index (χ1n) is 5.76. The number of anilines is 1. The molecule has 1 atom stereocenters. The van der Waals surface area contributed by atoms with Crippen LogP contribution in [0.2, 0.25) is 0 Å². The number of carbonyl (C=O) groups is 1. The van der Waals surface area contributed by atoms with Crippen molar-refractivity contribution in [2.24, 2.45) is 0 Å². The van der Waals surface area contributed by atoms with Crippen molar-refractivity contribution in [3.8, 4) is 6.07 Å². The fraction of sp³-hybridized carbons (Fsp3) is 0. The van der Waals surface area contributed by atoms with Crippen LogP contribution in [0.15, 0.2) is 42.5 Å². The highest BCUT2D eigenvalue weighted by Crippen LogP contribution is 2.15. The molecule has 2 rings (SSSR count). The van der Waals surface area contributed by atoms with Crippen LogP contribution in [0.5, 0.6) is 0 Å². The maximum Gasteiger partial charge on any atom is 0.348 e. The lowest BCUT2D eigenvalue weighted by Crippen LogP contribution is -2.15. The molecule has 0 aliphatic rings. The highest BCUT2D eigenvalue weighted by atomic mass is 31.1. The average molecular weight is 302 g/mol. The summed E-state index contributed by atoms with van der Waals surface area (Å²) in [4.78, 5) is 22.9. The third kappa shape index (κ3) is 3.48. The molecule has 0 saturated carbocycles. The van der Waals surface area contributed by atoms with E-state index in [-0.39, 0.29) is 22.1 Å². The summed E-state index contributed by atoms with van der Waals surface area (Å²) in [5, 5.41) is 11.2. The van der Waals surface area contributed by atoms with Gasteiger partial charge in [0.15, 0.2) is 5.30 Å². The Labute approximate surface area is 120 Å². The standard InChI is InChI=1S/C14H8FN2O3P/c15-13-5-4-11(6-10(13)8-16)17-14(18)9-2-1-3-12(7-9)21(19)20/h1-7H,(H,17,18). The molecule has 0 radical (unpaired) electrons. The summed E-state index contributed by atoms with van der Waals surface area (Å²) in [5.74, 6) is -1.23. The van der Waals surface area contributed by atoms with Gasteiger partial charge in [0.25, 0.3) is 5.91 Å². The molecule has 0 aliphatic carbocycles. The Balaban J connectivity index is 2.24. The topological polar surface area (TPSA) is 93.0 Å². The molecule has 0 spiro atoms. The summed E-state index contributed by atoms with van der Waals surface area (Å²) in [6, 6.07) is 10.7. The molecule has 0 heterocycles. The summed E-state index contributed by atoms with van der Waals surface area (Å²) >= 11 is 0. The summed E-state index contributed by atoms with van der Waals surface area (Å²) < 4.78 is 24.1. The molecule has 0 saturated heterocycles. The van der Waals surface area contributed by atoms with Gasteiger partial charge in [-0.05, 0) is 30.3 Å². The second-order valence-electron chi connectivity index (χ2n) is 4.07. The predicted octanol–water partition coefficient (Wildman–Crippen LogP) is 1.68. The molecule has 21 heavy (non-hydrogen) atoms. The van der Waals surface area contributed by atoms with E-state index in [4.69, 9.17) is 5.26 Å². The van der Waals surface area contributed by atoms with Crippen LogP contribution in [-0.4, -0.2) is 5.91 Å². The van der Waals surface area contributed by atoms with Gasteiger partial charge in [-0.3, -0.25) is 4.79 Å². The van der Waals surface area contributed by atoms with Gasteiger partial charge < -0.3 is 10.2 Å². The number of hydrogen-bond donors (Lipinski definition) is 1. The van der Waals surface area contributed by atoms with E-state index >= 15 is 0 Å². The average Bonchev–Trinajstić information content (AvgIpc) is 2.49. The van der Waals surface area contributed by atoms with Crippen molar-refractivity contribution < 1.29 is 18.6 Å². The first-order chi connectivity index (χ1) is 10.0. The zero-order valence-electron chi connectivity index (χ0n) is 10.5. The molecule has 1 amide bonds. The van der Waals surface area contributed by atoms with Crippen molar-refractivity contribution in [3.05, 3.63) is 59.4 Å². The van der Waals surface area contributed by atoms with Crippen molar-refractivity contribution in [2.45, 2.75) is 0 Å². The van der Waals surface area contributed by atoms with E-state index in [0.29, 0.717) is 0 Å². The number of rotatable bonds is 3. The van der Waals surface area contributed by atoms with E-state index in [1.165, 1.54) is 36.4 Å². The number of carbonyl (C=O) groups excluding carboxylic acids is 1. The molecule has 1 unspecified atom stereocenters. The summed E-state index contributed by atoms with van der Waals surface area (Å²) in [5.41, 5.74) is 0.202. The van der Waals surface area contributed by atoms with Crippen LogP contribution < -0.4 is 15.5 Å². The summed E-state index contributed by atoms with van der Waals surface area (Å²) in [7, 11) is -2.78. The van der Waals surface area contributed by atoms with Gasteiger partial charge in [0.05, 0.1) is 5.56 Å². The van der Waals surface area contributed by atoms with E-state index in [1.54, 1.807) is 6.07 Å². The van der Waals surface area contributed by atoms with Crippen molar-refractivity contribution >= 4 is 24.9 Å².